The van der Waals surface area contributed by atoms with E-state index in [2.05, 4.69) is 15.6 Å². The van der Waals surface area contributed by atoms with Crippen molar-refractivity contribution in [2.45, 2.75) is 18.9 Å². The fourth-order valence-corrected chi connectivity index (χ4v) is 4.07. The van der Waals surface area contributed by atoms with Crippen molar-refractivity contribution in [2.75, 3.05) is 13.1 Å². The van der Waals surface area contributed by atoms with Crippen LogP contribution >= 0.6 is 59.1 Å². The molecule has 1 saturated heterocycles. The van der Waals surface area contributed by atoms with Crippen LogP contribution in [0.3, 0.4) is 0 Å². The number of halogens is 3. The van der Waals surface area contributed by atoms with Crippen LogP contribution in [0.4, 0.5) is 0 Å². The van der Waals surface area contributed by atoms with E-state index in [0.29, 0.717) is 18.3 Å². The van der Waals surface area contributed by atoms with Crippen LogP contribution in [-0.4, -0.2) is 30.0 Å². The molecule has 1 unspecified atom stereocenters. The van der Waals surface area contributed by atoms with Gasteiger partial charge in [0, 0.05) is 18.0 Å². The summed E-state index contributed by atoms with van der Waals surface area (Å²) in [5.41, 5.74) is 0.479. The molecule has 1 aliphatic rings. The smallest absolute Gasteiger partial charge is 0.270 e. The van der Waals surface area contributed by atoms with E-state index in [1.54, 1.807) is 5.38 Å². The molecule has 22 heavy (non-hydrogen) atoms. The van der Waals surface area contributed by atoms with Crippen LogP contribution in [0, 0.1) is 0 Å². The van der Waals surface area contributed by atoms with Gasteiger partial charge in [-0.3, -0.25) is 4.79 Å². The van der Waals surface area contributed by atoms with Crippen LogP contribution in [0.1, 0.15) is 23.3 Å². The number of carbonyl (C=O) groups excluding carboxylic acids is 1. The lowest BCUT2D eigenvalue weighted by molar-refractivity contribution is 0.0946. The Bertz CT molecular complexity index is 611. The van der Waals surface area contributed by atoms with Gasteiger partial charge in [0.1, 0.15) is 10.7 Å². The Labute approximate surface area is 154 Å². The number of thiazole rings is 1. The first kappa shape index (κ1) is 19.7. The van der Waals surface area contributed by atoms with Gasteiger partial charge in [0.05, 0.1) is 9.21 Å². The maximum Gasteiger partial charge on any atom is 0.270 e. The molecule has 4 nitrogen and oxygen atoms in total. The molecular formula is C13H16Cl3N3OS2. The minimum Gasteiger partial charge on any atom is -0.349 e. The second kappa shape index (κ2) is 9.05. The van der Waals surface area contributed by atoms with E-state index in [4.69, 9.17) is 11.6 Å². The van der Waals surface area contributed by atoms with Crippen LogP contribution in [0.25, 0.3) is 9.88 Å². The number of nitrogens with one attached hydrogen (secondary N) is 2. The summed E-state index contributed by atoms with van der Waals surface area (Å²) in [6.45, 7) is 1.71. The fraction of sp³-hybridized carbons (Fsp3) is 0.385. The summed E-state index contributed by atoms with van der Waals surface area (Å²) in [5, 5.41) is 8.91. The quantitative estimate of drug-likeness (QED) is 0.819. The monoisotopic (exact) mass is 399 g/mol. The minimum absolute atomic E-state index is 0. The fourth-order valence-electron chi connectivity index (χ4n) is 2.16. The Balaban J connectivity index is 0.00000121. The SMILES string of the molecule is Cl.Cl.O=C(NCC1CCCN1)c1csc(-c2ccc(Cl)s2)n1. The first-order valence-corrected chi connectivity index (χ1v) is 8.52. The number of carbonyl (C=O) groups is 1. The number of hydrogen-bond acceptors (Lipinski definition) is 5. The van der Waals surface area contributed by atoms with Crippen LogP contribution < -0.4 is 10.6 Å². The summed E-state index contributed by atoms with van der Waals surface area (Å²) >= 11 is 8.85. The average molecular weight is 401 g/mol. The maximum absolute atomic E-state index is 12.0. The highest BCUT2D eigenvalue weighted by Crippen LogP contribution is 2.32. The van der Waals surface area contributed by atoms with Gasteiger partial charge in [-0.05, 0) is 31.5 Å². The van der Waals surface area contributed by atoms with Crippen molar-refractivity contribution in [1.29, 1.82) is 0 Å². The lowest BCUT2D eigenvalue weighted by Gasteiger charge is -2.10. The first-order chi connectivity index (χ1) is 9.72. The number of thiophene rings is 1. The molecule has 1 fully saturated rings. The van der Waals surface area contributed by atoms with Crippen LogP contribution in [-0.2, 0) is 0 Å². The zero-order valence-electron chi connectivity index (χ0n) is 11.5. The lowest BCUT2D eigenvalue weighted by Crippen LogP contribution is -2.37. The van der Waals surface area contributed by atoms with Crippen molar-refractivity contribution in [1.82, 2.24) is 15.6 Å². The van der Waals surface area contributed by atoms with Crippen LogP contribution in [0.2, 0.25) is 4.34 Å². The molecule has 1 aliphatic heterocycles. The molecule has 2 aromatic rings. The average Bonchev–Trinajstić information content (AvgIpc) is 3.16. The number of nitrogens with zero attached hydrogens (tertiary/aromatic N) is 1. The van der Waals surface area contributed by atoms with Crippen molar-refractivity contribution < 1.29 is 4.79 Å². The maximum atomic E-state index is 12.0. The number of aromatic nitrogens is 1. The van der Waals surface area contributed by atoms with Gasteiger partial charge in [0.25, 0.3) is 5.91 Å². The van der Waals surface area contributed by atoms with Gasteiger partial charge < -0.3 is 10.6 Å². The predicted octanol–water partition coefficient (Wildman–Crippen LogP) is 3.85. The third kappa shape index (κ3) is 4.81. The first-order valence-electron chi connectivity index (χ1n) is 6.45. The lowest BCUT2D eigenvalue weighted by atomic mass is 10.2. The molecule has 0 radical (unpaired) electrons. The number of hydrogen-bond donors (Lipinski definition) is 2. The highest BCUT2D eigenvalue weighted by molar-refractivity contribution is 7.23. The summed E-state index contributed by atoms with van der Waals surface area (Å²) in [6, 6.07) is 4.16. The van der Waals surface area contributed by atoms with Gasteiger partial charge >= 0.3 is 0 Å². The normalized spacial score (nSPS) is 16.7. The molecule has 1 amide bonds. The van der Waals surface area contributed by atoms with E-state index in [-0.39, 0.29) is 30.7 Å². The van der Waals surface area contributed by atoms with Crippen LogP contribution in [0.5, 0.6) is 0 Å². The zero-order chi connectivity index (χ0) is 13.9. The van der Waals surface area contributed by atoms with E-state index in [1.165, 1.54) is 29.1 Å². The molecule has 3 heterocycles. The van der Waals surface area contributed by atoms with Crippen molar-refractivity contribution >= 4 is 65.0 Å². The van der Waals surface area contributed by atoms with Crippen molar-refractivity contribution in [3.63, 3.8) is 0 Å². The van der Waals surface area contributed by atoms with E-state index in [1.807, 2.05) is 12.1 Å². The molecule has 0 spiro atoms. The van der Waals surface area contributed by atoms with Crippen LogP contribution in [0.15, 0.2) is 17.5 Å². The zero-order valence-corrected chi connectivity index (χ0v) is 15.5. The topological polar surface area (TPSA) is 54.0 Å². The van der Waals surface area contributed by atoms with E-state index >= 15 is 0 Å². The number of amides is 1. The minimum atomic E-state index is -0.108. The highest BCUT2D eigenvalue weighted by Gasteiger charge is 2.17. The van der Waals surface area contributed by atoms with Gasteiger partial charge in [0.2, 0.25) is 0 Å². The molecule has 9 heteroatoms. The summed E-state index contributed by atoms with van der Waals surface area (Å²) in [7, 11) is 0. The molecule has 2 aromatic heterocycles. The van der Waals surface area contributed by atoms with Gasteiger partial charge in [-0.1, -0.05) is 11.6 Å². The largest absolute Gasteiger partial charge is 0.349 e. The molecule has 3 rings (SSSR count). The third-order valence-corrected chi connectivity index (χ3v) is 5.43. The molecular weight excluding hydrogens is 385 g/mol. The summed E-state index contributed by atoms with van der Waals surface area (Å²) < 4.78 is 0.730. The third-order valence-electron chi connectivity index (χ3n) is 3.19. The number of rotatable bonds is 4. The van der Waals surface area contributed by atoms with Crippen molar-refractivity contribution in [3.8, 4) is 9.88 Å². The molecule has 122 valence electrons. The Morgan fingerprint density at radius 2 is 2.27 bits per heavy atom. The Hall–Kier alpha value is -0.370. The second-order valence-electron chi connectivity index (χ2n) is 4.64. The second-order valence-corrected chi connectivity index (χ2v) is 7.22. The van der Waals surface area contributed by atoms with Gasteiger partial charge in [-0.25, -0.2) is 4.98 Å². The van der Waals surface area contributed by atoms with Crippen molar-refractivity contribution in [3.05, 3.63) is 27.5 Å². The molecule has 1 atom stereocenters. The van der Waals surface area contributed by atoms with Gasteiger partial charge in [-0.2, -0.15) is 0 Å². The van der Waals surface area contributed by atoms with Gasteiger partial charge in [0.15, 0.2) is 0 Å². The summed E-state index contributed by atoms with van der Waals surface area (Å²) in [4.78, 5) is 17.4. The Kier molecular flexibility index (Phi) is 8.10. The summed E-state index contributed by atoms with van der Waals surface area (Å²) in [6.07, 6.45) is 2.30. The molecule has 0 aliphatic carbocycles. The molecule has 2 N–H and O–H groups in total. The van der Waals surface area contributed by atoms with Gasteiger partial charge in [-0.15, -0.1) is 47.5 Å². The molecule has 0 bridgehead atoms. The van der Waals surface area contributed by atoms with E-state index in [9.17, 15) is 4.79 Å². The Morgan fingerprint density at radius 1 is 1.45 bits per heavy atom. The van der Waals surface area contributed by atoms with Crippen molar-refractivity contribution in [2.24, 2.45) is 0 Å². The standard InChI is InChI=1S/C13H14ClN3OS2.2ClH/c14-11-4-3-10(20-11)13-17-9(7-19-13)12(18)16-6-8-2-1-5-15-8;;/h3-4,7-8,15H,1-2,5-6H2,(H,16,18);2*1H. The molecule has 0 aromatic carbocycles. The Morgan fingerprint density at radius 3 is 2.91 bits per heavy atom. The highest BCUT2D eigenvalue weighted by atomic mass is 35.5. The summed E-state index contributed by atoms with van der Waals surface area (Å²) in [5.74, 6) is -0.108. The molecule has 0 saturated carbocycles. The van der Waals surface area contributed by atoms with E-state index in [0.717, 1.165) is 27.2 Å². The predicted molar refractivity (Wildman–Crippen MR) is 98.3 cm³/mol. The van der Waals surface area contributed by atoms with E-state index < -0.39 is 0 Å².